The fraction of sp³-hybridized carbons (Fsp3) is 0. The monoisotopic (exact) mass is 252 g/mol. The zero-order chi connectivity index (χ0) is 13.2. The number of carbonyl (C=O) groups excluding carboxylic acids is 1. The van der Waals surface area contributed by atoms with Gasteiger partial charge < -0.3 is 11.1 Å². The van der Waals surface area contributed by atoms with E-state index in [9.17, 15) is 4.79 Å². The molecule has 0 aliphatic heterocycles. The Labute approximate surface area is 109 Å². The van der Waals surface area contributed by atoms with E-state index in [-0.39, 0.29) is 0 Å². The number of nitrogens with one attached hydrogen (secondary N) is 2. The first-order valence-corrected chi connectivity index (χ1v) is 5.82. The summed E-state index contributed by atoms with van der Waals surface area (Å²) in [5.41, 5.74) is 10.1. The number of hydrogen-bond donors (Lipinski definition) is 3. The van der Waals surface area contributed by atoms with E-state index in [1.807, 2.05) is 36.4 Å². The van der Waals surface area contributed by atoms with Crippen molar-refractivity contribution in [3.8, 4) is 11.1 Å². The average Bonchev–Trinajstić information content (AvgIpc) is 2.89. The maximum absolute atomic E-state index is 10.6. The summed E-state index contributed by atoms with van der Waals surface area (Å²) in [6.45, 7) is 0. The molecule has 0 spiro atoms. The molecule has 2 aromatic carbocycles. The van der Waals surface area contributed by atoms with Gasteiger partial charge in [-0.1, -0.05) is 18.2 Å². The first kappa shape index (κ1) is 11.3. The van der Waals surface area contributed by atoms with Crippen LogP contribution in [0.5, 0.6) is 0 Å². The summed E-state index contributed by atoms with van der Waals surface area (Å²) >= 11 is 0. The Balaban J connectivity index is 2.23. The van der Waals surface area contributed by atoms with Gasteiger partial charge in [0.15, 0.2) is 0 Å². The first-order valence-electron chi connectivity index (χ1n) is 5.82. The van der Waals surface area contributed by atoms with Crippen LogP contribution in [0.2, 0.25) is 0 Å². The number of fused-ring (bicyclic) bond motifs is 1. The Hall–Kier alpha value is -2.82. The third-order valence-electron chi connectivity index (χ3n) is 3.03. The Bertz CT molecular complexity index is 748. The second-order valence-electron chi connectivity index (χ2n) is 4.21. The van der Waals surface area contributed by atoms with Crippen LogP contribution in [0.25, 0.3) is 22.0 Å². The SMILES string of the molecule is Nc1cccc(-c2ccc(NC=O)c3[nH]ncc23)c1. The van der Waals surface area contributed by atoms with Crippen molar-refractivity contribution in [1.29, 1.82) is 0 Å². The summed E-state index contributed by atoms with van der Waals surface area (Å²) in [7, 11) is 0. The zero-order valence-corrected chi connectivity index (χ0v) is 10.1. The van der Waals surface area contributed by atoms with Crippen molar-refractivity contribution in [1.82, 2.24) is 10.2 Å². The van der Waals surface area contributed by atoms with Crippen LogP contribution >= 0.6 is 0 Å². The summed E-state index contributed by atoms with van der Waals surface area (Å²) in [6, 6.07) is 11.4. The third kappa shape index (κ3) is 1.91. The summed E-state index contributed by atoms with van der Waals surface area (Å²) < 4.78 is 0. The summed E-state index contributed by atoms with van der Waals surface area (Å²) in [6.07, 6.45) is 2.39. The van der Waals surface area contributed by atoms with E-state index in [4.69, 9.17) is 5.73 Å². The Morgan fingerprint density at radius 2 is 2.16 bits per heavy atom. The molecule has 0 fully saturated rings. The highest BCUT2D eigenvalue weighted by atomic mass is 16.1. The molecule has 0 radical (unpaired) electrons. The van der Waals surface area contributed by atoms with Crippen LogP contribution < -0.4 is 11.1 Å². The van der Waals surface area contributed by atoms with E-state index in [1.165, 1.54) is 0 Å². The number of amides is 1. The molecular weight excluding hydrogens is 240 g/mol. The second-order valence-corrected chi connectivity index (χ2v) is 4.21. The molecule has 5 nitrogen and oxygen atoms in total. The molecule has 3 rings (SSSR count). The number of rotatable bonds is 3. The number of carbonyl (C=O) groups is 1. The van der Waals surface area contributed by atoms with Crippen LogP contribution in [-0.4, -0.2) is 16.6 Å². The van der Waals surface area contributed by atoms with Gasteiger partial charge in [0.05, 0.1) is 17.4 Å². The highest BCUT2D eigenvalue weighted by Crippen LogP contribution is 2.32. The molecular formula is C14H12N4O. The van der Waals surface area contributed by atoms with Gasteiger partial charge in [0.25, 0.3) is 0 Å². The molecule has 94 valence electrons. The molecule has 0 saturated carbocycles. The third-order valence-corrected chi connectivity index (χ3v) is 3.03. The number of H-pyrrole nitrogens is 1. The molecule has 0 atom stereocenters. The maximum atomic E-state index is 10.6. The fourth-order valence-electron chi connectivity index (χ4n) is 2.18. The van der Waals surface area contributed by atoms with Crippen molar-refractivity contribution < 1.29 is 4.79 Å². The minimum atomic E-state index is 0.649. The molecule has 3 aromatic rings. The molecule has 0 aliphatic carbocycles. The number of nitrogens with zero attached hydrogens (tertiary/aromatic N) is 1. The normalized spacial score (nSPS) is 10.5. The van der Waals surface area contributed by atoms with Gasteiger partial charge in [-0.25, -0.2) is 0 Å². The van der Waals surface area contributed by atoms with Gasteiger partial charge in [-0.2, -0.15) is 5.10 Å². The van der Waals surface area contributed by atoms with Crippen molar-refractivity contribution in [2.45, 2.75) is 0 Å². The smallest absolute Gasteiger partial charge is 0.211 e. The number of aromatic amines is 1. The predicted molar refractivity (Wildman–Crippen MR) is 75.6 cm³/mol. The molecule has 1 heterocycles. The minimum Gasteiger partial charge on any atom is -0.399 e. The number of aromatic nitrogens is 2. The van der Waals surface area contributed by atoms with Crippen molar-refractivity contribution >= 4 is 28.7 Å². The quantitative estimate of drug-likeness (QED) is 0.494. The van der Waals surface area contributed by atoms with Crippen molar-refractivity contribution in [3.05, 3.63) is 42.6 Å². The lowest BCUT2D eigenvalue weighted by atomic mass is 10.0. The van der Waals surface area contributed by atoms with E-state index in [1.54, 1.807) is 6.20 Å². The van der Waals surface area contributed by atoms with Gasteiger partial charge in [-0.3, -0.25) is 9.89 Å². The van der Waals surface area contributed by atoms with E-state index >= 15 is 0 Å². The van der Waals surface area contributed by atoms with Crippen LogP contribution in [0.3, 0.4) is 0 Å². The van der Waals surface area contributed by atoms with Gasteiger partial charge in [-0.15, -0.1) is 0 Å². The van der Waals surface area contributed by atoms with Crippen LogP contribution in [0.4, 0.5) is 11.4 Å². The molecule has 4 N–H and O–H groups in total. The molecule has 0 saturated heterocycles. The molecule has 1 amide bonds. The topological polar surface area (TPSA) is 83.8 Å². The largest absolute Gasteiger partial charge is 0.399 e. The average molecular weight is 252 g/mol. The number of anilines is 2. The molecule has 19 heavy (non-hydrogen) atoms. The Morgan fingerprint density at radius 3 is 2.95 bits per heavy atom. The number of benzene rings is 2. The molecule has 0 aliphatic rings. The lowest BCUT2D eigenvalue weighted by Gasteiger charge is -2.07. The van der Waals surface area contributed by atoms with Crippen molar-refractivity contribution in [2.24, 2.45) is 0 Å². The summed E-state index contributed by atoms with van der Waals surface area (Å²) in [5.74, 6) is 0. The molecule has 0 bridgehead atoms. The summed E-state index contributed by atoms with van der Waals surface area (Å²) in [5, 5.41) is 10.5. The maximum Gasteiger partial charge on any atom is 0.211 e. The minimum absolute atomic E-state index is 0.649. The van der Waals surface area contributed by atoms with Crippen LogP contribution in [0.1, 0.15) is 0 Å². The predicted octanol–water partition coefficient (Wildman–Crippen LogP) is 2.38. The van der Waals surface area contributed by atoms with Crippen LogP contribution in [0.15, 0.2) is 42.6 Å². The molecule has 0 unspecified atom stereocenters. The molecule has 5 heteroatoms. The standard InChI is InChI=1S/C14H12N4O/c15-10-3-1-2-9(6-10)11-4-5-13(16-8-19)14-12(11)7-17-18-14/h1-8H,15H2,(H,16,19)(H,17,18). The van der Waals surface area contributed by atoms with Crippen LogP contribution in [-0.2, 0) is 4.79 Å². The van der Waals surface area contributed by atoms with E-state index in [0.717, 1.165) is 22.0 Å². The van der Waals surface area contributed by atoms with Crippen molar-refractivity contribution in [3.63, 3.8) is 0 Å². The molecule has 1 aromatic heterocycles. The Kier molecular flexibility index (Phi) is 2.64. The zero-order valence-electron chi connectivity index (χ0n) is 10.1. The van der Waals surface area contributed by atoms with Crippen molar-refractivity contribution in [2.75, 3.05) is 11.1 Å². The van der Waals surface area contributed by atoms with E-state index in [2.05, 4.69) is 15.5 Å². The first-order chi connectivity index (χ1) is 9.29. The second kappa shape index (κ2) is 4.45. The van der Waals surface area contributed by atoms with E-state index < -0.39 is 0 Å². The van der Waals surface area contributed by atoms with E-state index in [0.29, 0.717) is 17.8 Å². The number of nitrogen functional groups attached to an aromatic ring is 1. The summed E-state index contributed by atoms with van der Waals surface area (Å²) in [4.78, 5) is 10.6. The van der Waals surface area contributed by atoms with Crippen LogP contribution in [0, 0.1) is 0 Å². The lowest BCUT2D eigenvalue weighted by Crippen LogP contribution is -1.95. The fourth-order valence-corrected chi connectivity index (χ4v) is 2.18. The van der Waals surface area contributed by atoms with Gasteiger partial charge >= 0.3 is 0 Å². The van der Waals surface area contributed by atoms with Gasteiger partial charge in [0.2, 0.25) is 6.41 Å². The number of hydrogen-bond acceptors (Lipinski definition) is 3. The van der Waals surface area contributed by atoms with Gasteiger partial charge in [0, 0.05) is 11.1 Å². The number of nitrogens with two attached hydrogens (primary N) is 1. The lowest BCUT2D eigenvalue weighted by molar-refractivity contribution is -0.105. The highest BCUT2D eigenvalue weighted by Gasteiger charge is 2.09. The van der Waals surface area contributed by atoms with Gasteiger partial charge in [0.1, 0.15) is 0 Å². The Morgan fingerprint density at radius 1 is 1.26 bits per heavy atom. The highest BCUT2D eigenvalue weighted by molar-refractivity contribution is 6.03. The van der Waals surface area contributed by atoms with Gasteiger partial charge in [-0.05, 0) is 29.3 Å².